The Morgan fingerprint density at radius 2 is 1.96 bits per heavy atom. The van der Waals surface area contributed by atoms with Gasteiger partial charge in [0.15, 0.2) is 0 Å². The van der Waals surface area contributed by atoms with E-state index in [1.807, 2.05) is 6.07 Å². The minimum absolute atomic E-state index is 0.00378. The molecule has 0 aliphatic carbocycles. The van der Waals surface area contributed by atoms with Gasteiger partial charge in [-0.25, -0.2) is 5.43 Å². The van der Waals surface area contributed by atoms with Gasteiger partial charge in [0.2, 0.25) is 5.91 Å². The van der Waals surface area contributed by atoms with E-state index in [-0.39, 0.29) is 29.3 Å². The molecule has 0 aliphatic heterocycles. The van der Waals surface area contributed by atoms with E-state index in [9.17, 15) is 19.7 Å². The second kappa shape index (κ2) is 8.90. The van der Waals surface area contributed by atoms with Crippen LogP contribution in [0.15, 0.2) is 52.0 Å². The molecule has 0 heterocycles. The van der Waals surface area contributed by atoms with E-state index in [0.717, 1.165) is 16.6 Å². The van der Waals surface area contributed by atoms with Crippen LogP contribution in [0.4, 0.5) is 17.1 Å². The lowest BCUT2D eigenvalue weighted by Gasteiger charge is -2.07. The minimum Gasteiger partial charge on any atom is -0.399 e. The van der Waals surface area contributed by atoms with Crippen LogP contribution in [0.1, 0.15) is 23.7 Å². The molecule has 0 radical (unpaired) electrons. The van der Waals surface area contributed by atoms with E-state index >= 15 is 0 Å². The highest BCUT2D eigenvalue weighted by molar-refractivity contribution is 9.10. The number of hydrogen-bond acceptors (Lipinski definition) is 6. The third kappa shape index (κ3) is 5.89. The van der Waals surface area contributed by atoms with Crippen molar-refractivity contribution in [3.63, 3.8) is 0 Å². The van der Waals surface area contributed by atoms with Crippen LogP contribution in [-0.2, 0) is 4.79 Å². The Morgan fingerprint density at radius 3 is 2.63 bits per heavy atom. The zero-order valence-corrected chi connectivity index (χ0v) is 15.8. The molecule has 2 amide bonds. The Morgan fingerprint density at radius 1 is 1.26 bits per heavy atom. The van der Waals surface area contributed by atoms with Crippen LogP contribution in [0.2, 0.25) is 0 Å². The molecule has 0 aromatic heterocycles. The summed E-state index contributed by atoms with van der Waals surface area (Å²) in [5.74, 6) is -0.979. The number of rotatable bonds is 6. The molecule has 0 bridgehead atoms. The smallest absolute Gasteiger partial charge is 0.272 e. The molecule has 9 nitrogen and oxygen atoms in total. The lowest BCUT2D eigenvalue weighted by Crippen LogP contribution is -2.21. The SMILES string of the molecule is C/C(CC(=O)Nc1ccccc1Br)=N/NC(=O)c1cc(N)cc([N+](=O)[O-])c1. The number of para-hydroxylation sites is 1. The molecule has 0 spiro atoms. The van der Waals surface area contributed by atoms with E-state index in [2.05, 4.69) is 31.8 Å². The van der Waals surface area contributed by atoms with Crippen LogP contribution >= 0.6 is 15.9 Å². The van der Waals surface area contributed by atoms with E-state index in [4.69, 9.17) is 5.73 Å². The van der Waals surface area contributed by atoms with Gasteiger partial charge in [-0.05, 0) is 41.1 Å². The predicted molar refractivity (Wildman–Crippen MR) is 105 cm³/mol. The number of nitrogens with two attached hydrogens (primary N) is 1. The van der Waals surface area contributed by atoms with Crippen LogP contribution in [-0.4, -0.2) is 22.4 Å². The first kappa shape index (κ1) is 20.0. The number of hydrogen-bond donors (Lipinski definition) is 3. The highest BCUT2D eigenvalue weighted by atomic mass is 79.9. The molecule has 2 aromatic carbocycles. The molecule has 4 N–H and O–H groups in total. The number of benzene rings is 2. The summed E-state index contributed by atoms with van der Waals surface area (Å²) in [6.45, 7) is 1.57. The Balaban J connectivity index is 1.98. The number of anilines is 2. The Kier molecular flexibility index (Phi) is 6.61. The van der Waals surface area contributed by atoms with E-state index < -0.39 is 10.8 Å². The number of amides is 2. The number of carbonyl (C=O) groups excluding carboxylic acids is 2. The highest BCUT2D eigenvalue weighted by Crippen LogP contribution is 2.21. The van der Waals surface area contributed by atoms with Crippen molar-refractivity contribution in [2.24, 2.45) is 5.10 Å². The molecule has 0 unspecified atom stereocenters. The lowest BCUT2D eigenvalue weighted by atomic mass is 10.1. The Labute approximate surface area is 162 Å². The molecule has 2 aromatic rings. The molecular weight excluding hydrogens is 418 g/mol. The van der Waals surface area contributed by atoms with Crippen molar-refractivity contribution < 1.29 is 14.5 Å². The van der Waals surface area contributed by atoms with Gasteiger partial charge in [-0.15, -0.1) is 0 Å². The first-order valence-electron chi connectivity index (χ1n) is 7.69. The zero-order valence-electron chi connectivity index (χ0n) is 14.2. The van der Waals surface area contributed by atoms with Gasteiger partial charge in [-0.1, -0.05) is 12.1 Å². The van der Waals surface area contributed by atoms with Gasteiger partial charge in [-0.2, -0.15) is 5.10 Å². The summed E-state index contributed by atoms with van der Waals surface area (Å²) in [5.41, 5.74) is 8.57. The number of non-ortho nitro benzene ring substituents is 1. The average Bonchev–Trinajstić information content (AvgIpc) is 2.61. The highest BCUT2D eigenvalue weighted by Gasteiger charge is 2.14. The quantitative estimate of drug-likeness (QED) is 0.278. The van der Waals surface area contributed by atoms with Gasteiger partial charge < -0.3 is 11.1 Å². The molecule has 0 saturated carbocycles. The largest absolute Gasteiger partial charge is 0.399 e. The standard InChI is InChI=1S/C17H16BrN5O4/c1-10(6-16(24)20-15-5-3-2-4-14(15)18)21-22-17(25)11-7-12(19)9-13(8-11)23(26)27/h2-5,7-9H,6,19H2,1H3,(H,20,24)(H,22,25)/b21-10-. The van der Waals surface area contributed by atoms with Crippen molar-refractivity contribution >= 4 is 50.5 Å². The average molecular weight is 434 g/mol. The fourth-order valence-electron chi connectivity index (χ4n) is 2.11. The van der Waals surface area contributed by atoms with Crippen LogP contribution in [0.25, 0.3) is 0 Å². The maximum absolute atomic E-state index is 12.1. The van der Waals surface area contributed by atoms with Crippen molar-refractivity contribution in [1.29, 1.82) is 0 Å². The molecule has 0 atom stereocenters. The van der Waals surface area contributed by atoms with Gasteiger partial charge in [0.25, 0.3) is 11.6 Å². The normalized spacial score (nSPS) is 11.0. The summed E-state index contributed by atoms with van der Waals surface area (Å²) in [6, 6.07) is 10.7. The molecule has 140 valence electrons. The van der Waals surface area contributed by atoms with Crippen LogP contribution < -0.4 is 16.5 Å². The van der Waals surface area contributed by atoms with Gasteiger partial charge in [-0.3, -0.25) is 19.7 Å². The summed E-state index contributed by atoms with van der Waals surface area (Å²) >= 11 is 3.33. The van der Waals surface area contributed by atoms with Crippen molar-refractivity contribution in [3.8, 4) is 0 Å². The van der Waals surface area contributed by atoms with E-state index in [0.29, 0.717) is 11.4 Å². The molecular formula is C17H16BrN5O4. The lowest BCUT2D eigenvalue weighted by molar-refractivity contribution is -0.384. The molecule has 2 rings (SSSR count). The first-order chi connectivity index (χ1) is 12.8. The monoisotopic (exact) mass is 433 g/mol. The predicted octanol–water partition coefficient (Wildman–Crippen LogP) is 3.07. The van der Waals surface area contributed by atoms with Crippen LogP contribution in [0.5, 0.6) is 0 Å². The van der Waals surface area contributed by atoms with Gasteiger partial charge in [0.1, 0.15) is 0 Å². The fourth-order valence-corrected chi connectivity index (χ4v) is 2.49. The molecule has 0 aliphatic rings. The number of nitro benzene ring substituents is 1. The molecule has 0 fully saturated rings. The van der Waals surface area contributed by atoms with Crippen molar-refractivity contribution in [2.45, 2.75) is 13.3 Å². The number of nitrogens with zero attached hydrogens (tertiary/aromatic N) is 2. The number of halogens is 1. The minimum atomic E-state index is -0.670. The Bertz CT molecular complexity index is 929. The summed E-state index contributed by atoms with van der Waals surface area (Å²) in [6.07, 6.45) is -0.0430. The second-order valence-corrected chi connectivity index (χ2v) is 6.42. The fraction of sp³-hybridized carbons (Fsp3) is 0.118. The van der Waals surface area contributed by atoms with Gasteiger partial charge >= 0.3 is 0 Å². The van der Waals surface area contributed by atoms with Crippen LogP contribution in [0.3, 0.4) is 0 Å². The first-order valence-corrected chi connectivity index (χ1v) is 8.48. The molecule has 27 heavy (non-hydrogen) atoms. The van der Waals surface area contributed by atoms with Crippen LogP contribution in [0, 0.1) is 10.1 Å². The third-order valence-electron chi connectivity index (χ3n) is 3.33. The summed E-state index contributed by atoms with van der Waals surface area (Å²) in [5, 5.41) is 17.4. The summed E-state index contributed by atoms with van der Waals surface area (Å²) in [4.78, 5) is 34.3. The van der Waals surface area contributed by atoms with Gasteiger partial charge in [0.05, 0.1) is 22.6 Å². The van der Waals surface area contributed by atoms with Crippen molar-refractivity contribution in [2.75, 3.05) is 11.1 Å². The van der Waals surface area contributed by atoms with Crippen molar-refractivity contribution in [1.82, 2.24) is 5.43 Å². The molecule has 0 saturated heterocycles. The van der Waals surface area contributed by atoms with E-state index in [1.165, 1.54) is 6.07 Å². The maximum Gasteiger partial charge on any atom is 0.272 e. The topological polar surface area (TPSA) is 140 Å². The molecule has 10 heteroatoms. The van der Waals surface area contributed by atoms with Gasteiger partial charge in [0, 0.05) is 28.0 Å². The third-order valence-corrected chi connectivity index (χ3v) is 4.02. The van der Waals surface area contributed by atoms with E-state index in [1.54, 1.807) is 25.1 Å². The number of nitrogen functional groups attached to an aromatic ring is 1. The number of nitro groups is 1. The number of hydrazone groups is 1. The Hall–Kier alpha value is -3.27. The van der Waals surface area contributed by atoms with Crippen molar-refractivity contribution in [3.05, 3.63) is 62.6 Å². The zero-order chi connectivity index (χ0) is 20.0. The maximum atomic E-state index is 12.1. The second-order valence-electron chi connectivity index (χ2n) is 5.56. The summed E-state index contributed by atoms with van der Waals surface area (Å²) in [7, 11) is 0. The number of nitrogens with one attached hydrogen (secondary N) is 2. The summed E-state index contributed by atoms with van der Waals surface area (Å²) < 4.78 is 0.740. The number of carbonyl (C=O) groups is 2.